The highest BCUT2D eigenvalue weighted by molar-refractivity contribution is 7.88. The molecule has 0 radical (unpaired) electrons. The number of hydrogen-bond acceptors (Lipinski definition) is 3. The van der Waals surface area contributed by atoms with Crippen LogP contribution in [0.15, 0.2) is 0 Å². The second-order valence-corrected chi connectivity index (χ2v) is 4.88. The number of nitrogens with one attached hydrogen (secondary N) is 1. The zero-order valence-corrected chi connectivity index (χ0v) is 7.69. The fraction of sp³-hybridized carbons (Fsp3) is 1.00. The van der Waals surface area contributed by atoms with Crippen molar-refractivity contribution in [2.24, 2.45) is 0 Å². The minimum absolute atomic E-state index is 0.338. The van der Waals surface area contributed by atoms with Crippen molar-refractivity contribution in [1.29, 1.82) is 0 Å². The van der Waals surface area contributed by atoms with Crippen LogP contribution in [0.2, 0.25) is 0 Å². The molecule has 0 amide bonds. The Balaban J connectivity index is 2.55. The first kappa shape index (κ1) is 8.96. The minimum Gasteiger partial charge on any atom is -0.316 e. The van der Waals surface area contributed by atoms with Crippen molar-refractivity contribution in [3.8, 4) is 0 Å². The highest BCUT2D eigenvalue weighted by Gasteiger charge is 2.26. The van der Waals surface area contributed by atoms with Gasteiger partial charge < -0.3 is 5.32 Å². The van der Waals surface area contributed by atoms with Crippen molar-refractivity contribution in [1.82, 2.24) is 9.62 Å². The van der Waals surface area contributed by atoms with Crippen molar-refractivity contribution in [2.75, 3.05) is 26.4 Å². The molecular formula is C6H14N2O2S. The molecule has 0 aliphatic carbocycles. The van der Waals surface area contributed by atoms with Crippen LogP contribution in [-0.2, 0) is 10.0 Å². The molecule has 66 valence electrons. The maximum atomic E-state index is 11.0. The van der Waals surface area contributed by atoms with Crippen LogP contribution in [0.4, 0.5) is 0 Å². The zero-order valence-electron chi connectivity index (χ0n) is 6.87. The molecule has 1 aliphatic rings. The summed E-state index contributed by atoms with van der Waals surface area (Å²) in [4.78, 5) is 0. The molecule has 1 aliphatic heterocycles. The SMILES string of the molecule is CN[C@H]1CCN(S(C)(=O)=O)C1. The third-order valence-electron chi connectivity index (χ3n) is 2.03. The molecule has 0 aromatic rings. The lowest BCUT2D eigenvalue weighted by molar-refractivity contribution is 0.469. The van der Waals surface area contributed by atoms with Crippen LogP contribution in [0, 0.1) is 0 Å². The average Bonchev–Trinajstić information content (AvgIpc) is 2.32. The van der Waals surface area contributed by atoms with Gasteiger partial charge in [-0.05, 0) is 13.5 Å². The number of hydrogen-bond donors (Lipinski definition) is 1. The molecule has 0 saturated carbocycles. The van der Waals surface area contributed by atoms with E-state index < -0.39 is 10.0 Å². The second-order valence-electron chi connectivity index (χ2n) is 2.90. The molecule has 0 aromatic carbocycles. The van der Waals surface area contributed by atoms with Gasteiger partial charge >= 0.3 is 0 Å². The van der Waals surface area contributed by atoms with Crippen LogP contribution in [-0.4, -0.2) is 45.2 Å². The van der Waals surface area contributed by atoms with E-state index in [-0.39, 0.29) is 0 Å². The highest BCUT2D eigenvalue weighted by atomic mass is 32.2. The Hall–Kier alpha value is -0.130. The van der Waals surface area contributed by atoms with E-state index in [1.807, 2.05) is 7.05 Å². The van der Waals surface area contributed by atoms with Gasteiger partial charge in [-0.2, -0.15) is 0 Å². The summed E-state index contributed by atoms with van der Waals surface area (Å²) in [5.74, 6) is 0. The second kappa shape index (κ2) is 3.08. The lowest BCUT2D eigenvalue weighted by Crippen LogP contribution is -2.32. The van der Waals surface area contributed by atoms with Gasteiger partial charge in [-0.15, -0.1) is 0 Å². The first-order valence-corrected chi connectivity index (χ1v) is 5.51. The maximum Gasteiger partial charge on any atom is 0.211 e. The minimum atomic E-state index is -2.95. The molecule has 0 unspecified atom stereocenters. The third kappa shape index (κ3) is 2.15. The molecule has 0 aromatic heterocycles. The Kier molecular flexibility index (Phi) is 2.51. The van der Waals surface area contributed by atoms with Crippen LogP contribution < -0.4 is 5.32 Å². The maximum absolute atomic E-state index is 11.0. The average molecular weight is 178 g/mol. The fourth-order valence-electron chi connectivity index (χ4n) is 1.27. The first-order chi connectivity index (χ1) is 5.04. The van der Waals surface area contributed by atoms with Crippen molar-refractivity contribution in [3.63, 3.8) is 0 Å². The lowest BCUT2D eigenvalue weighted by atomic mass is 10.3. The molecule has 0 bridgehead atoms. The van der Waals surface area contributed by atoms with Crippen molar-refractivity contribution >= 4 is 10.0 Å². The van der Waals surface area contributed by atoms with Crippen LogP contribution in [0.1, 0.15) is 6.42 Å². The summed E-state index contributed by atoms with van der Waals surface area (Å²) in [7, 11) is -1.09. The molecule has 1 heterocycles. The zero-order chi connectivity index (χ0) is 8.48. The smallest absolute Gasteiger partial charge is 0.211 e. The van der Waals surface area contributed by atoms with Crippen LogP contribution in [0.3, 0.4) is 0 Å². The highest BCUT2D eigenvalue weighted by Crippen LogP contribution is 2.11. The molecule has 1 saturated heterocycles. The van der Waals surface area contributed by atoms with Crippen molar-refractivity contribution < 1.29 is 8.42 Å². The van der Waals surface area contributed by atoms with Gasteiger partial charge in [0.1, 0.15) is 0 Å². The van der Waals surface area contributed by atoms with E-state index in [0.717, 1.165) is 6.42 Å². The molecule has 1 rings (SSSR count). The predicted octanol–water partition coefficient (Wildman–Crippen LogP) is -0.760. The monoisotopic (exact) mass is 178 g/mol. The Labute approximate surface area is 67.6 Å². The van der Waals surface area contributed by atoms with E-state index in [2.05, 4.69) is 5.32 Å². The standard InChI is InChI=1S/C6H14N2O2S/c1-7-6-3-4-8(5-6)11(2,9)10/h6-7H,3-5H2,1-2H3/t6-/m0/s1. The summed E-state index contributed by atoms with van der Waals surface area (Å²) in [6.45, 7) is 1.28. The molecular weight excluding hydrogens is 164 g/mol. The summed E-state index contributed by atoms with van der Waals surface area (Å²) in [5.41, 5.74) is 0. The molecule has 1 fully saturated rings. The number of sulfonamides is 1. The van der Waals surface area contributed by atoms with Crippen LogP contribution in [0.5, 0.6) is 0 Å². The molecule has 11 heavy (non-hydrogen) atoms. The van der Waals surface area contributed by atoms with E-state index in [1.54, 1.807) is 0 Å². The Morgan fingerprint density at radius 2 is 2.18 bits per heavy atom. The molecule has 1 N–H and O–H groups in total. The van der Waals surface area contributed by atoms with Gasteiger partial charge in [0.2, 0.25) is 10.0 Å². The van der Waals surface area contributed by atoms with E-state index in [4.69, 9.17) is 0 Å². The first-order valence-electron chi connectivity index (χ1n) is 3.66. The number of likely N-dealkylation sites (N-methyl/N-ethyl adjacent to an activating group) is 1. The summed E-state index contributed by atoms with van der Waals surface area (Å²) >= 11 is 0. The van der Waals surface area contributed by atoms with Gasteiger partial charge in [0.05, 0.1) is 6.26 Å². The summed E-state index contributed by atoms with van der Waals surface area (Å²) < 4.78 is 23.5. The van der Waals surface area contributed by atoms with E-state index >= 15 is 0 Å². The molecule has 1 atom stereocenters. The fourth-order valence-corrected chi connectivity index (χ4v) is 2.15. The van der Waals surface area contributed by atoms with Gasteiger partial charge in [-0.25, -0.2) is 12.7 Å². The quantitative estimate of drug-likeness (QED) is 0.604. The third-order valence-corrected chi connectivity index (χ3v) is 3.30. The topological polar surface area (TPSA) is 49.4 Å². The molecule has 0 spiro atoms. The summed E-state index contributed by atoms with van der Waals surface area (Å²) in [6.07, 6.45) is 2.18. The van der Waals surface area contributed by atoms with Gasteiger partial charge in [0, 0.05) is 19.1 Å². The Morgan fingerprint density at radius 3 is 2.45 bits per heavy atom. The number of rotatable bonds is 2. The molecule has 4 nitrogen and oxygen atoms in total. The van der Waals surface area contributed by atoms with Gasteiger partial charge in [0.15, 0.2) is 0 Å². The number of nitrogens with zero attached hydrogens (tertiary/aromatic N) is 1. The lowest BCUT2D eigenvalue weighted by Gasteiger charge is -2.12. The van der Waals surface area contributed by atoms with Gasteiger partial charge in [0.25, 0.3) is 0 Å². The summed E-state index contributed by atoms with van der Waals surface area (Å²) in [5, 5.41) is 3.06. The van der Waals surface area contributed by atoms with Crippen molar-refractivity contribution in [3.05, 3.63) is 0 Å². The van der Waals surface area contributed by atoms with E-state index in [0.29, 0.717) is 19.1 Å². The normalized spacial score (nSPS) is 27.6. The Morgan fingerprint density at radius 1 is 1.55 bits per heavy atom. The van der Waals surface area contributed by atoms with E-state index in [1.165, 1.54) is 10.6 Å². The van der Waals surface area contributed by atoms with Gasteiger partial charge in [-0.3, -0.25) is 0 Å². The van der Waals surface area contributed by atoms with Gasteiger partial charge in [-0.1, -0.05) is 0 Å². The Bertz CT molecular complexity index is 225. The van der Waals surface area contributed by atoms with Crippen LogP contribution in [0.25, 0.3) is 0 Å². The largest absolute Gasteiger partial charge is 0.316 e. The van der Waals surface area contributed by atoms with Crippen LogP contribution >= 0.6 is 0 Å². The van der Waals surface area contributed by atoms with Crippen molar-refractivity contribution in [2.45, 2.75) is 12.5 Å². The van der Waals surface area contributed by atoms with E-state index in [9.17, 15) is 8.42 Å². The predicted molar refractivity (Wildman–Crippen MR) is 43.9 cm³/mol. The molecule has 5 heteroatoms. The summed E-state index contributed by atoms with van der Waals surface area (Å²) in [6, 6.07) is 0.338.